The van der Waals surface area contributed by atoms with Crippen molar-refractivity contribution in [1.82, 2.24) is 14.4 Å². The van der Waals surface area contributed by atoms with Crippen LogP contribution < -0.4 is 4.74 Å². The molecule has 0 N–H and O–H groups in total. The van der Waals surface area contributed by atoms with Gasteiger partial charge in [0.1, 0.15) is 5.75 Å². The number of rotatable bonds is 6. The van der Waals surface area contributed by atoms with Crippen LogP contribution in [0.25, 0.3) is 11.5 Å². The number of ether oxygens (including phenoxy) is 1. The fourth-order valence-electron chi connectivity index (χ4n) is 3.23. The van der Waals surface area contributed by atoms with Crippen LogP contribution in [0.15, 0.2) is 62.6 Å². The largest absolute Gasteiger partial charge is 0.494 e. The first kappa shape index (κ1) is 20.2. The Morgan fingerprint density at radius 1 is 1.10 bits per heavy atom. The van der Waals surface area contributed by atoms with E-state index < -0.39 is 10.0 Å². The van der Waals surface area contributed by atoms with E-state index >= 15 is 0 Å². The minimum absolute atomic E-state index is 0.157. The van der Waals surface area contributed by atoms with Gasteiger partial charge in [-0.2, -0.15) is 4.31 Å². The molecule has 1 aliphatic rings. The molecule has 0 unspecified atom stereocenters. The normalized spacial score (nSPS) is 15.3. The summed E-state index contributed by atoms with van der Waals surface area (Å²) >= 11 is 0. The Morgan fingerprint density at radius 2 is 1.83 bits per heavy atom. The van der Waals surface area contributed by atoms with Crippen molar-refractivity contribution in [3.05, 3.63) is 54.4 Å². The Kier molecular flexibility index (Phi) is 5.60. The summed E-state index contributed by atoms with van der Waals surface area (Å²) < 4.78 is 42.9. The molecule has 1 saturated heterocycles. The second-order valence-corrected chi connectivity index (χ2v) is 8.59. The van der Waals surface area contributed by atoms with E-state index in [1.54, 1.807) is 29.2 Å². The van der Waals surface area contributed by atoms with Gasteiger partial charge in [0.2, 0.25) is 15.8 Å². The van der Waals surface area contributed by atoms with Crippen molar-refractivity contribution in [1.29, 1.82) is 0 Å². The first-order valence-electron chi connectivity index (χ1n) is 9.52. The second kappa shape index (κ2) is 8.33. The standard InChI is InChI=1S/C20H21N3O6S/c1-2-27-15-5-7-16(8-6-15)30(25,26)23-11-9-22(10-12-23)20(24)17-14-19(29-21-17)18-4-3-13-28-18/h3-8,13-14H,2,9-12H2,1H3. The molecule has 0 radical (unpaired) electrons. The molecule has 9 nitrogen and oxygen atoms in total. The van der Waals surface area contributed by atoms with Crippen LogP contribution in [-0.2, 0) is 10.0 Å². The van der Waals surface area contributed by atoms with Gasteiger partial charge in [0, 0.05) is 32.2 Å². The molecule has 3 aromatic rings. The Bertz CT molecular complexity index is 1100. The number of piperazine rings is 1. The molecular formula is C20H21N3O6S. The molecule has 0 aliphatic carbocycles. The van der Waals surface area contributed by atoms with E-state index in [9.17, 15) is 13.2 Å². The van der Waals surface area contributed by atoms with E-state index in [2.05, 4.69) is 5.16 Å². The van der Waals surface area contributed by atoms with Gasteiger partial charge in [-0.3, -0.25) is 4.79 Å². The zero-order valence-corrected chi connectivity index (χ0v) is 17.2. The highest BCUT2D eigenvalue weighted by Gasteiger charge is 2.31. The van der Waals surface area contributed by atoms with E-state index in [4.69, 9.17) is 13.7 Å². The number of furan rings is 1. The van der Waals surface area contributed by atoms with Gasteiger partial charge >= 0.3 is 0 Å². The van der Waals surface area contributed by atoms with Gasteiger partial charge in [-0.15, -0.1) is 0 Å². The lowest BCUT2D eigenvalue weighted by Gasteiger charge is -2.33. The average molecular weight is 431 g/mol. The maximum absolute atomic E-state index is 12.9. The number of hydrogen-bond acceptors (Lipinski definition) is 7. The van der Waals surface area contributed by atoms with Crippen molar-refractivity contribution in [2.45, 2.75) is 11.8 Å². The van der Waals surface area contributed by atoms with E-state index in [1.807, 2.05) is 6.92 Å². The second-order valence-electron chi connectivity index (χ2n) is 6.65. The minimum Gasteiger partial charge on any atom is -0.494 e. The smallest absolute Gasteiger partial charge is 0.276 e. The molecule has 30 heavy (non-hydrogen) atoms. The predicted octanol–water partition coefficient (Wildman–Crippen LogP) is 2.48. The molecular weight excluding hydrogens is 410 g/mol. The van der Waals surface area contributed by atoms with Gasteiger partial charge in [-0.05, 0) is 43.3 Å². The van der Waals surface area contributed by atoms with Gasteiger partial charge in [0.25, 0.3) is 5.91 Å². The molecule has 4 rings (SSSR count). The molecule has 3 heterocycles. The van der Waals surface area contributed by atoms with Crippen LogP contribution in [0.2, 0.25) is 0 Å². The molecule has 158 valence electrons. The molecule has 0 atom stereocenters. The number of amides is 1. The number of carbonyl (C=O) groups excluding carboxylic acids is 1. The lowest BCUT2D eigenvalue weighted by molar-refractivity contribution is 0.0687. The van der Waals surface area contributed by atoms with Crippen molar-refractivity contribution < 1.29 is 26.9 Å². The monoisotopic (exact) mass is 431 g/mol. The van der Waals surface area contributed by atoms with Crippen LogP contribution in [0.3, 0.4) is 0 Å². The summed E-state index contributed by atoms with van der Waals surface area (Å²) in [6.07, 6.45) is 1.50. The lowest BCUT2D eigenvalue weighted by Crippen LogP contribution is -2.50. The minimum atomic E-state index is -3.64. The summed E-state index contributed by atoms with van der Waals surface area (Å²) in [5.74, 6) is 1.15. The molecule has 10 heteroatoms. The summed E-state index contributed by atoms with van der Waals surface area (Å²) in [6.45, 7) is 3.29. The van der Waals surface area contributed by atoms with E-state index in [1.165, 1.54) is 28.8 Å². The van der Waals surface area contributed by atoms with Crippen molar-refractivity contribution >= 4 is 15.9 Å². The fraction of sp³-hybridized carbons (Fsp3) is 0.300. The summed E-state index contributed by atoms with van der Waals surface area (Å²) in [5.41, 5.74) is 0.157. The van der Waals surface area contributed by atoms with Gasteiger partial charge in [-0.1, -0.05) is 5.16 Å². The quantitative estimate of drug-likeness (QED) is 0.590. The van der Waals surface area contributed by atoms with Gasteiger partial charge in [0.05, 0.1) is 17.8 Å². The molecule has 0 bridgehead atoms. The first-order chi connectivity index (χ1) is 14.5. The average Bonchev–Trinajstić information content (AvgIpc) is 3.46. The number of sulfonamides is 1. The molecule has 0 spiro atoms. The van der Waals surface area contributed by atoms with Gasteiger partial charge in [-0.25, -0.2) is 8.42 Å². The van der Waals surface area contributed by atoms with E-state index in [0.29, 0.717) is 23.9 Å². The molecule has 1 amide bonds. The zero-order chi connectivity index (χ0) is 21.1. The van der Waals surface area contributed by atoms with Crippen molar-refractivity contribution in [2.24, 2.45) is 0 Å². The fourth-order valence-corrected chi connectivity index (χ4v) is 4.65. The van der Waals surface area contributed by atoms with E-state index in [-0.39, 0.29) is 42.7 Å². The van der Waals surface area contributed by atoms with Crippen molar-refractivity contribution in [2.75, 3.05) is 32.8 Å². The summed E-state index contributed by atoms with van der Waals surface area (Å²) in [4.78, 5) is 14.5. The highest BCUT2D eigenvalue weighted by molar-refractivity contribution is 7.89. The maximum atomic E-state index is 12.9. The zero-order valence-electron chi connectivity index (χ0n) is 16.4. The third-order valence-electron chi connectivity index (χ3n) is 4.79. The highest BCUT2D eigenvalue weighted by atomic mass is 32.2. The maximum Gasteiger partial charge on any atom is 0.276 e. The Labute approximate surface area is 173 Å². The Morgan fingerprint density at radius 3 is 2.47 bits per heavy atom. The molecule has 1 aromatic carbocycles. The first-order valence-corrected chi connectivity index (χ1v) is 11.0. The molecule has 1 aliphatic heterocycles. The van der Waals surface area contributed by atoms with Crippen LogP contribution in [0.5, 0.6) is 5.75 Å². The van der Waals surface area contributed by atoms with Crippen LogP contribution >= 0.6 is 0 Å². The summed E-state index contributed by atoms with van der Waals surface area (Å²) in [5, 5.41) is 3.82. The Balaban J connectivity index is 1.40. The molecule has 1 fully saturated rings. The topological polar surface area (TPSA) is 106 Å². The van der Waals surface area contributed by atoms with Crippen molar-refractivity contribution in [3.8, 4) is 17.3 Å². The number of carbonyl (C=O) groups is 1. The number of aromatic nitrogens is 1. The third-order valence-corrected chi connectivity index (χ3v) is 6.70. The van der Waals surface area contributed by atoms with Crippen LogP contribution in [-0.4, -0.2) is 61.5 Å². The Hall–Kier alpha value is -3.11. The molecule has 0 saturated carbocycles. The van der Waals surface area contributed by atoms with Crippen molar-refractivity contribution in [3.63, 3.8) is 0 Å². The SMILES string of the molecule is CCOc1ccc(S(=O)(=O)N2CCN(C(=O)c3cc(-c4ccco4)on3)CC2)cc1. The third kappa shape index (κ3) is 3.96. The van der Waals surface area contributed by atoms with Crippen LogP contribution in [0.1, 0.15) is 17.4 Å². The van der Waals surface area contributed by atoms with Crippen LogP contribution in [0.4, 0.5) is 0 Å². The van der Waals surface area contributed by atoms with Gasteiger partial charge in [0.15, 0.2) is 11.5 Å². The number of hydrogen-bond donors (Lipinski definition) is 0. The van der Waals surface area contributed by atoms with E-state index in [0.717, 1.165) is 0 Å². The van der Waals surface area contributed by atoms with Crippen LogP contribution in [0, 0.1) is 0 Å². The number of benzene rings is 1. The van der Waals surface area contributed by atoms with Gasteiger partial charge < -0.3 is 18.6 Å². The lowest BCUT2D eigenvalue weighted by atomic mass is 10.2. The molecule has 2 aromatic heterocycles. The highest BCUT2D eigenvalue weighted by Crippen LogP contribution is 2.23. The number of nitrogens with zero attached hydrogens (tertiary/aromatic N) is 3. The summed E-state index contributed by atoms with van der Waals surface area (Å²) in [7, 11) is -3.64. The summed E-state index contributed by atoms with van der Waals surface area (Å²) in [6, 6.07) is 11.3. The predicted molar refractivity (Wildman–Crippen MR) is 106 cm³/mol.